The lowest BCUT2D eigenvalue weighted by Crippen LogP contribution is -1.95. The van der Waals surface area contributed by atoms with Gasteiger partial charge < -0.3 is 9.94 Å². The first kappa shape index (κ1) is 31.8. The summed E-state index contributed by atoms with van der Waals surface area (Å²) in [5, 5.41) is 13.6. The smallest absolute Gasteiger partial charge is 0.291 e. The number of rotatable bonds is 6. The van der Waals surface area contributed by atoms with Gasteiger partial charge >= 0.3 is 0 Å². The van der Waals surface area contributed by atoms with Gasteiger partial charge in [0.15, 0.2) is 0 Å². The van der Waals surface area contributed by atoms with Gasteiger partial charge in [-0.15, -0.1) is 16.7 Å². The third kappa shape index (κ3) is 27.4. The van der Waals surface area contributed by atoms with Crippen molar-refractivity contribution in [2.75, 3.05) is 6.61 Å². The molecule has 0 bridgehead atoms. The first-order chi connectivity index (χ1) is 15.0. The number of carbonyl (C=O) groups excluding carboxylic acids is 1. The Hall–Kier alpha value is -4.86. The second-order valence-electron chi connectivity index (χ2n) is 4.71. The first-order valence-electron chi connectivity index (χ1n) is 8.60. The van der Waals surface area contributed by atoms with Gasteiger partial charge in [0.2, 0.25) is 6.08 Å². The molecule has 0 aromatic heterocycles. The summed E-state index contributed by atoms with van der Waals surface area (Å²) in [5.41, 5.74) is 0.587. The number of nitrogens with zero attached hydrogens (tertiary/aromatic N) is 2. The molecule has 0 heterocycles. The molecule has 1 rings (SSSR count). The number of benzene rings is 1. The van der Waals surface area contributed by atoms with Crippen molar-refractivity contribution < 1.29 is 24.1 Å². The molecule has 0 amide bonds. The zero-order valence-corrected chi connectivity index (χ0v) is 17.2. The van der Waals surface area contributed by atoms with E-state index < -0.39 is 5.09 Å². The molecular formula is C25H30N2O5. The third-order valence-electron chi connectivity index (χ3n) is 2.52. The maximum atomic E-state index is 9.97. The Morgan fingerprint density at radius 1 is 1.06 bits per heavy atom. The van der Waals surface area contributed by atoms with Crippen LogP contribution in [0.1, 0.15) is 38.4 Å². The molecule has 0 aliphatic heterocycles. The normalized spacial score (nSPS) is 6.44. The van der Waals surface area contributed by atoms with Crippen molar-refractivity contribution in [2.24, 2.45) is 4.99 Å². The average molecular weight is 439 g/mol. The minimum absolute atomic E-state index is 0. The fourth-order valence-electron chi connectivity index (χ4n) is 1.40. The van der Waals surface area contributed by atoms with Gasteiger partial charge in [-0.05, 0) is 98.3 Å². The Bertz CT molecular complexity index is 1010. The highest BCUT2D eigenvalue weighted by Gasteiger charge is 1.93. The Labute approximate surface area is 194 Å². The van der Waals surface area contributed by atoms with Crippen molar-refractivity contribution in [3.8, 4) is 65.0 Å². The van der Waals surface area contributed by atoms with Crippen molar-refractivity contribution >= 4 is 11.8 Å². The lowest BCUT2D eigenvalue weighted by molar-refractivity contribution is -0.742. The quantitative estimate of drug-likeness (QED) is 0.127. The molecule has 0 atom stereocenters. The first-order valence-corrected chi connectivity index (χ1v) is 8.60. The van der Waals surface area contributed by atoms with E-state index in [2.05, 4.69) is 70.8 Å². The van der Waals surface area contributed by atoms with Crippen LogP contribution in [0.4, 0.5) is 5.69 Å². The SMILES string of the molecule is C.C=CCCCOc1ccc(N=C=O)cc1.CC#CC#CC#CC#CC#CC.O=[N+]([O-])O.[HH].[HH].[HH]. The van der Waals surface area contributed by atoms with Gasteiger partial charge in [0.05, 0.1) is 12.3 Å². The molecule has 0 fully saturated rings. The highest BCUT2D eigenvalue weighted by Crippen LogP contribution is 2.17. The van der Waals surface area contributed by atoms with E-state index in [1.165, 1.54) is 6.08 Å². The van der Waals surface area contributed by atoms with Gasteiger partial charge in [-0.25, -0.2) is 4.79 Å². The predicted molar refractivity (Wildman–Crippen MR) is 131 cm³/mol. The summed E-state index contributed by atoms with van der Waals surface area (Å²) in [7, 11) is 0. The lowest BCUT2D eigenvalue weighted by Gasteiger charge is -2.04. The molecule has 32 heavy (non-hydrogen) atoms. The van der Waals surface area contributed by atoms with Crippen molar-refractivity contribution in [3.05, 3.63) is 47.0 Å². The maximum absolute atomic E-state index is 9.97. The third-order valence-corrected chi connectivity index (χ3v) is 2.52. The van der Waals surface area contributed by atoms with Gasteiger partial charge in [0.25, 0.3) is 5.09 Å². The van der Waals surface area contributed by atoms with Crippen molar-refractivity contribution in [2.45, 2.75) is 34.1 Å². The van der Waals surface area contributed by atoms with Crippen LogP contribution in [-0.2, 0) is 4.79 Å². The van der Waals surface area contributed by atoms with Crippen LogP contribution in [0.5, 0.6) is 5.75 Å². The largest absolute Gasteiger partial charge is 0.494 e. The number of ether oxygens (including phenoxy) is 1. The van der Waals surface area contributed by atoms with Gasteiger partial charge in [-0.1, -0.05) is 25.3 Å². The summed E-state index contributed by atoms with van der Waals surface area (Å²) < 4.78 is 5.45. The fraction of sp³-hybridized carbons (Fsp3) is 0.240. The molecule has 0 aliphatic carbocycles. The number of aliphatic imine (C=N–C) groups is 1. The van der Waals surface area contributed by atoms with E-state index in [1.54, 1.807) is 38.1 Å². The van der Waals surface area contributed by atoms with Gasteiger partial charge in [0.1, 0.15) is 5.75 Å². The predicted octanol–water partition coefficient (Wildman–Crippen LogP) is 5.07. The second kappa shape index (κ2) is 26.1. The van der Waals surface area contributed by atoms with E-state index in [0.717, 1.165) is 18.6 Å². The molecule has 0 spiro atoms. The second-order valence-corrected chi connectivity index (χ2v) is 4.71. The zero-order chi connectivity index (χ0) is 23.6. The Morgan fingerprint density at radius 2 is 1.50 bits per heavy atom. The number of hydrogen-bond acceptors (Lipinski definition) is 5. The van der Waals surface area contributed by atoms with E-state index in [-0.39, 0.29) is 11.7 Å². The van der Waals surface area contributed by atoms with E-state index in [0.29, 0.717) is 12.3 Å². The summed E-state index contributed by atoms with van der Waals surface area (Å²) in [6.07, 6.45) is 5.26. The van der Waals surface area contributed by atoms with Gasteiger partial charge in [-0.2, -0.15) is 4.99 Å². The molecule has 0 saturated carbocycles. The van der Waals surface area contributed by atoms with Crippen molar-refractivity contribution in [1.82, 2.24) is 0 Å². The maximum Gasteiger partial charge on any atom is 0.291 e. The van der Waals surface area contributed by atoms with Crippen LogP contribution in [0.25, 0.3) is 0 Å². The van der Waals surface area contributed by atoms with Crippen molar-refractivity contribution in [1.29, 1.82) is 0 Å². The summed E-state index contributed by atoms with van der Waals surface area (Å²) in [5.74, 6) is 26.3. The minimum atomic E-state index is -1.50. The zero-order valence-electron chi connectivity index (χ0n) is 17.2. The Morgan fingerprint density at radius 3 is 1.88 bits per heavy atom. The van der Waals surface area contributed by atoms with Crippen LogP contribution in [0, 0.1) is 69.3 Å². The molecule has 1 N–H and O–H groups in total. The van der Waals surface area contributed by atoms with E-state index >= 15 is 0 Å². The number of hydrogen-bond donors (Lipinski definition) is 1. The summed E-state index contributed by atoms with van der Waals surface area (Å²) in [4.78, 5) is 21.8. The number of isocyanates is 1. The monoisotopic (exact) mass is 438 g/mol. The topological polar surface area (TPSA) is 102 Å². The lowest BCUT2D eigenvalue weighted by atomic mass is 10.3. The summed E-state index contributed by atoms with van der Waals surface area (Å²) in [6, 6.07) is 7.00. The highest BCUT2D eigenvalue weighted by molar-refractivity contribution is 5.50. The molecule has 7 heteroatoms. The van der Waals surface area contributed by atoms with E-state index in [1.807, 2.05) is 6.08 Å². The van der Waals surface area contributed by atoms with Crippen LogP contribution >= 0.6 is 0 Å². The Kier molecular flexibility index (Phi) is 26.0. The Balaban J connectivity index is -0.0000000961. The molecule has 0 saturated heterocycles. The number of allylic oxidation sites excluding steroid dienone is 1. The van der Waals surface area contributed by atoms with Crippen LogP contribution in [0.2, 0.25) is 0 Å². The van der Waals surface area contributed by atoms with Crippen LogP contribution in [0.3, 0.4) is 0 Å². The summed E-state index contributed by atoms with van der Waals surface area (Å²) in [6.45, 7) is 7.74. The standard InChI is InChI=1S/C12H13NO2.C12H6.CH4.HNO3.3H2/c1-2-3-4-9-15-12-7-5-11(6-8-12)13-10-14;1-3-5-7-9-11-12-10-8-6-4-2;;2-1(3)4;;;/h2,5-8H,1,3-4,9H2;1-2H3;1H4;(H,2,3,4);3*1H. The van der Waals surface area contributed by atoms with E-state index in [9.17, 15) is 4.79 Å². The highest BCUT2D eigenvalue weighted by atomic mass is 16.9. The van der Waals surface area contributed by atoms with Crippen molar-refractivity contribution in [3.63, 3.8) is 0 Å². The molecule has 1 aromatic carbocycles. The molecule has 1 aromatic rings. The molecular weight excluding hydrogens is 408 g/mol. The minimum Gasteiger partial charge on any atom is -0.494 e. The van der Waals surface area contributed by atoms with Crippen LogP contribution in [-0.4, -0.2) is 23.0 Å². The molecule has 7 nitrogen and oxygen atoms in total. The summed E-state index contributed by atoms with van der Waals surface area (Å²) >= 11 is 0. The van der Waals surface area contributed by atoms with Crippen LogP contribution in [0.15, 0.2) is 41.9 Å². The molecule has 0 unspecified atom stereocenters. The van der Waals surface area contributed by atoms with Gasteiger partial charge in [0, 0.05) is 4.28 Å². The van der Waals surface area contributed by atoms with Crippen LogP contribution < -0.4 is 4.74 Å². The molecule has 0 aliphatic rings. The van der Waals surface area contributed by atoms with E-state index in [4.69, 9.17) is 20.1 Å². The molecule has 170 valence electrons. The fourth-order valence-corrected chi connectivity index (χ4v) is 1.40. The number of unbranched alkanes of at least 4 members (excludes halogenated alkanes) is 1. The molecule has 0 radical (unpaired) electrons. The average Bonchev–Trinajstić information content (AvgIpc) is 2.75. The van der Waals surface area contributed by atoms with Gasteiger partial charge in [-0.3, -0.25) is 0 Å².